The van der Waals surface area contributed by atoms with Crippen LogP contribution >= 0.6 is 0 Å². The second-order valence-electron chi connectivity index (χ2n) is 9.30. The molecule has 0 aliphatic carbocycles. The van der Waals surface area contributed by atoms with E-state index in [1.54, 1.807) is 17.0 Å². The summed E-state index contributed by atoms with van der Waals surface area (Å²) in [5.41, 5.74) is 1.26. The van der Waals surface area contributed by atoms with Crippen LogP contribution in [-0.4, -0.2) is 59.7 Å². The van der Waals surface area contributed by atoms with E-state index in [4.69, 9.17) is 4.42 Å². The predicted molar refractivity (Wildman–Crippen MR) is 133 cm³/mol. The molecule has 1 atom stereocenters. The van der Waals surface area contributed by atoms with Gasteiger partial charge in [0.05, 0.1) is 11.7 Å². The lowest BCUT2D eigenvalue weighted by Crippen LogP contribution is -2.58. The Morgan fingerprint density at radius 1 is 0.857 bits per heavy atom. The van der Waals surface area contributed by atoms with Gasteiger partial charge in [0.15, 0.2) is 5.76 Å². The molecule has 7 nitrogen and oxygen atoms in total. The monoisotopic (exact) mass is 473 g/mol. The summed E-state index contributed by atoms with van der Waals surface area (Å²) in [6.45, 7) is 5.59. The number of furan rings is 1. The first-order valence-corrected chi connectivity index (χ1v) is 11.9. The summed E-state index contributed by atoms with van der Waals surface area (Å²) in [5.74, 6) is -0.386. The van der Waals surface area contributed by atoms with E-state index in [0.29, 0.717) is 32.6 Å². The molecule has 35 heavy (non-hydrogen) atoms. The van der Waals surface area contributed by atoms with E-state index in [2.05, 4.69) is 5.32 Å². The number of carbonyl (C=O) groups excluding carboxylic acids is 3. The lowest BCUT2D eigenvalue weighted by Gasteiger charge is -2.39. The Balaban J connectivity index is 1.42. The fourth-order valence-electron chi connectivity index (χ4n) is 4.41. The zero-order valence-corrected chi connectivity index (χ0v) is 20.1. The molecule has 4 rings (SSSR count). The van der Waals surface area contributed by atoms with Crippen molar-refractivity contribution >= 4 is 17.7 Å². The van der Waals surface area contributed by atoms with Crippen molar-refractivity contribution in [3.8, 4) is 0 Å². The second kappa shape index (κ2) is 10.6. The topological polar surface area (TPSA) is 82.9 Å². The quantitative estimate of drug-likeness (QED) is 0.571. The third-order valence-corrected chi connectivity index (χ3v) is 6.54. The van der Waals surface area contributed by atoms with Gasteiger partial charge >= 0.3 is 0 Å². The zero-order valence-electron chi connectivity index (χ0n) is 20.1. The normalized spacial score (nSPS) is 14.9. The van der Waals surface area contributed by atoms with Gasteiger partial charge in [-0.05, 0) is 37.1 Å². The Hall–Kier alpha value is -3.87. The number of rotatable bonds is 7. The van der Waals surface area contributed by atoms with Gasteiger partial charge in [0.25, 0.3) is 5.91 Å². The lowest BCUT2D eigenvalue weighted by atomic mass is 9.83. The lowest BCUT2D eigenvalue weighted by molar-refractivity contribution is -0.143. The average Bonchev–Trinajstić information content (AvgIpc) is 3.44. The first-order valence-electron chi connectivity index (χ1n) is 11.9. The van der Waals surface area contributed by atoms with Gasteiger partial charge < -0.3 is 19.5 Å². The van der Waals surface area contributed by atoms with Crippen molar-refractivity contribution in [2.45, 2.75) is 31.7 Å². The van der Waals surface area contributed by atoms with Crippen LogP contribution in [-0.2, 0) is 21.4 Å². The van der Waals surface area contributed by atoms with Crippen molar-refractivity contribution in [1.82, 2.24) is 15.1 Å². The first kappa shape index (κ1) is 24.3. The van der Waals surface area contributed by atoms with Crippen LogP contribution in [0.4, 0.5) is 0 Å². The fraction of sp³-hybridized carbons (Fsp3) is 0.321. The Labute approximate surface area is 205 Å². The molecule has 7 heteroatoms. The molecule has 0 spiro atoms. The fourth-order valence-corrected chi connectivity index (χ4v) is 4.41. The van der Waals surface area contributed by atoms with Crippen molar-refractivity contribution < 1.29 is 18.8 Å². The van der Waals surface area contributed by atoms with Crippen LogP contribution in [0.15, 0.2) is 83.5 Å². The van der Waals surface area contributed by atoms with E-state index in [-0.39, 0.29) is 17.6 Å². The predicted octanol–water partition coefficient (Wildman–Crippen LogP) is 3.27. The van der Waals surface area contributed by atoms with Crippen molar-refractivity contribution in [3.63, 3.8) is 0 Å². The molecule has 2 heterocycles. The molecule has 1 aromatic heterocycles. The summed E-state index contributed by atoms with van der Waals surface area (Å²) in [6, 6.07) is 21.8. The molecule has 0 saturated carbocycles. The summed E-state index contributed by atoms with van der Waals surface area (Å²) in [4.78, 5) is 43.0. The highest BCUT2D eigenvalue weighted by molar-refractivity contribution is 5.95. The van der Waals surface area contributed by atoms with E-state index in [9.17, 15) is 14.4 Å². The minimum absolute atomic E-state index is 0.0442. The van der Waals surface area contributed by atoms with Gasteiger partial charge in [-0.1, -0.05) is 60.7 Å². The highest BCUT2D eigenvalue weighted by Crippen LogP contribution is 2.26. The minimum Gasteiger partial charge on any atom is -0.459 e. The van der Waals surface area contributed by atoms with Gasteiger partial charge in [-0.3, -0.25) is 14.4 Å². The van der Waals surface area contributed by atoms with Gasteiger partial charge in [0, 0.05) is 32.6 Å². The second-order valence-corrected chi connectivity index (χ2v) is 9.30. The Morgan fingerprint density at radius 3 is 2.06 bits per heavy atom. The molecular formula is C28H31N3O4. The van der Waals surface area contributed by atoms with Crippen LogP contribution in [0.5, 0.6) is 0 Å². The summed E-state index contributed by atoms with van der Waals surface area (Å²) >= 11 is 0. The summed E-state index contributed by atoms with van der Waals surface area (Å²) in [6.07, 6.45) is 1.79. The largest absolute Gasteiger partial charge is 0.459 e. The van der Waals surface area contributed by atoms with Crippen LogP contribution < -0.4 is 5.32 Å². The van der Waals surface area contributed by atoms with E-state index < -0.39 is 17.4 Å². The molecule has 182 valence electrons. The Kier molecular flexibility index (Phi) is 7.34. The molecule has 1 N–H and O–H groups in total. The van der Waals surface area contributed by atoms with Crippen LogP contribution in [0.1, 0.15) is 35.5 Å². The number of carbonyl (C=O) groups is 3. The molecule has 2 aromatic carbocycles. The molecule has 3 aromatic rings. The van der Waals surface area contributed by atoms with E-state index in [1.807, 2.05) is 79.4 Å². The number of nitrogens with one attached hydrogen (secondary N) is 1. The highest BCUT2D eigenvalue weighted by atomic mass is 16.3. The van der Waals surface area contributed by atoms with Gasteiger partial charge in [-0.15, -0.1) is 0 Å². The summed E-state index contributed by atoms with van der Waals surface area (Å²) < 4.78 is 5.20. The van der Waals surface area contributed by atoms with Crippen LogP contribution in [0, 0.1) is 0 Å². The van der Waals surface area contributed by atoms with Crippen LogP contribution in [0.25, 0.3) is 0 Å². The molecule has 1 aliphatic heterocycles. The molecule has 0 bridgehead atoms. The number of piperazine rings is 1. The van der Waals surface area contributed by atoms with Crippen LogP contribution in [0.2, 0.25) is 0 Å². The zero-order chi connectivity index (χ0) is 24.8. The molecule has 1 aliphatic rings. The molecule has 1 fully saturated rings. The maximum absolute atomic E-state index is 13.5. The van der Waals surface area contributed by atoms with Gasteiger partial charge in [-0.25, -0.2) is 0 Å². The standard InChI is InChI=1S/C28H31N3O4/c1-28(2,22-12-7-4-8-13-22)27(34)31-17-15-30(16-18-31)26(33)23(20-21-10-5-3-6-11-21)29-25(32)24-14-9-19-35-24/h3-14,19,23H,15-18,20H2,1-2H3,(H,29,32). The number of hydrogen-bond donors (Lipinski definition) is 1. The summed E-state index contributed by atoms with van der Waals surface area (Å²) in [7, 11) is 0. The highest BCUT2D eigenvalue weighted by Gasteiger charge is 2.36. The third kappa shape index (κ3) is 5.62. The SMILES string of the molecule is CC(C)(C(=O)N1CCN(C(=O)C(Cc2ccccc2)NC(=O)c2ccco2)CC1)c1ccccc1. The van der Waals surface area contributed by atoms with Crippen molar-refractivity contribution in [2.24, 2.45) is 0 Å². The van der Waals surface area contributed by atoms with Gasteiger partial charge in [-0.2, -0.15) is 0 Å². The molecule has 1 saturated heterocycles. The average molecular weight is 474 g/mol. The Bertz CT molecular complexity index is 1140. The number of hydrogen-bond acceptors (Lipinski definition) is 4. The van der Waals surface area contributed by atoms with Crippen molar-refractivity contribution in [3.05, 3.63) is 95.9 Å². The van der Waals surface area contributed by atoms with E-state index in [1.165, 1.54) is 6.26 Å². The number of nitrogens with zero attached hydrogens (tertiary/aromatic N) is 2. The number of amides is 3. The summed E-state index contributed by atoms with van der Waals surface area (Å²) in [5, 5.41) is 2.84. The van der Waals surface area contributed by atoms with Crippen LogP contribution in [0.3, 0.4) is 0 Å². The van der Waals surface area contributed by atoms with E-state index >= 15 is 0 Å². The number of benzene rings is 2. The van der Waals surface area contributed by atoms with E-state index in [0.717, 1.165) is 11.1 Å². The van der Waals surface area contributed by atoms with Gasteiger partial charge in [0.2, 0.25) is 11.8 Å². The van der Waals surface area contributed by atoms with Crippen molar-refractivity contribution in [1.29, 1.82) is 0 Å². The molecular weight excluding hydrogens is 442 g/mol. The van der Waals surface area contributed by atoms with Gasteiger partial charge in [0.1, 0.15) is 6.04 Å². The molecule has 0 radical (unpaired) electrons. The maximum Gasteiger partial charge on any atom is 0.287 e. The molecule has 1 unspecified atom stereocenters. The molecule has 3 amide bonds. The third-order valence-electron chi connectivity index (χ3n) is 6.54. The smallest absolute Gasteiger partial charge is 0.287 e. The first-order chi connectivity index (χ1) is 16.9. The van der Waals surface area contributed by atoms with Crippen molar-refractivity contribution in [2.75, 3.05) is 26.2 Å². The Morgan fingerprint density at radius 2 is 1.46 bits per heavy atom. The maximum atomic E-state index is 13.5. The minimum atomic E-state index is -0.738.